The number of carbonyl (C=O) groups excluding carboxylic acids is 2. The smallest absolute Gasteiger partial charge is 0.328 e. The molecule has 1 heterocycles. The molecule has 5 nitrogen and oxygen atoms in total. The number of allylic oxidation sites excluding steroid dienone is 2. The van der Waals surface area contributed by atoms with Crippen LogP contribution in [0.15, 0.2) is 42.1 Å². The third-order valence-electron chi connectivity index (χ3n) is 3.04. The standard InChI is InChI=1S/C15H17N3O2/c1-17(2)12-9-7-11(8-10-12)5-4-6-13-14(19)18(3)15(20)16-13/h4-10H,1-3H3,(H,16,20)/b5-4+,13-6+. The fraction of sp³-hybridized carbons (Fsp3) is 0.200. The van der Waals surface area contributed by atoms with Gasteiger partial charge in [0.05, 0.1) is 0 Å². The molecular formula is C15H17N3O2. The number of hydrogen-bond donors (Lipinski definition) is 1. The van der Waals surface area contributed by atoms with Crippen molar-refractivity contribution in [3.05, 3.63) is 47.7 Å². The molecule has 1 N–H and O–H groups in total. The van der Waals surface area contributed by atoms with Gasteiger partial charge in [-0.25, -0.2) is 4.79 Å². The maximum Gasteiger partial charge on any atom is 0.328 e. The number of nitrogens with zero attached hydrogens (tertiary/aromatic N) is 2. The highest BCUT2D eigenvalue weighted by molar-refractivity contribution is 6.11. The van der Waals surface area contributed by atoms with Gasteiger partial charge >= 0.3 is 6.03 Å². The van der Waals surface area contributed by atoms with E-state index in [1.54, 1.807) is 12.2 Å². The van der Waals surface area contributed by atoms with Crippen molar-refractivity contribution >= 4 is 23.7 Å². The largest absolute Gasteiger partial charge is 0.378 e. The molecule has 0 aliphatic carbocycles. The zero-order chi connectivity index (χ0) is 14.7. The molecule has 0 radical (unpaired) electrons. The number of imide groups is 1. The molecule has 0 saturated carbocycles. The summed E-state index contributed by atoms with van der Waals surface area (Å²) in [6, 6.07) is 7.62. The minimum absolute atomic E-state index is 0.290. The Balaban J connectivity index is 2.07. The van der Waals surface area contributed by atoms with Gasteiger partial charge in [-0.2, -0.15) is 0 Å². The molecule has 1 saturated heterocycles. The van der Waals surface area contributed by atoms with Gasteiger partial charge in [0, 0.05) is 26.8 Å². The van der Waals surface area contributed by atoms with E-state index in [2.05, 4.69) is 5.32 Å². The molecule has 0 bridgehead atoms. The summed E-state index contributed by atoms with van der Waals surface area (Å²) in [4.78, 5) is 25.9. The number of benzene rings is 1. The molecule has 3 amide bonds. The number of amides is 3. The lowest BCUT2D eigenvalue weighted by Gasteiger charge is -2.11. The molecule has 1 aromatic carbocycles. The summed E-state index contributed by atoms with van der Waals surface area (Å²) in [7, 11) is 5.42. The topological polar surface area (TPSA) is 52.7 Å². The second kappa shape index (κ2) is 5.61. The highest BCUT2D eigenvalue weighted by Crippen LogP contribution is 2.13. The molecule has 0 atom stereocenters. The zero-order valence-electron chi connectivity index (χ0n) is 11.8. The van der Waals surface area contributed by atoms with E-state index in [1.807, 2.05) is 49.3 Å². The Labute approximate surface area is 118 Å². The van der Waals surface area contributed by atoms with Crippen molar-refractivity contribution < 1.29 is 9.59 Å². The predicted octanol–water partition coefficient (Wildman–Crippen LogP) is 1.83. The first-order chi connectivity index (χ1) is 9.49. The summed E-state index contributed by atoms with van der Waals surface area (Å²) in [5, 5.41) is 2.50. The number of nitrogens with one attached hydrogen (secondary N) is 1. The van der Waals surface area contributed by atoms with Crippen LogP contribution in [0.5, 0.6) is 0 Å². The third-order valence-corrected chi connectivity index (χ3v) is 3.04. The van der Waals surface area contributed by atoms with Gasteiger partial charge in [0.2, 0.25) is 0 Å². The molecule has 20 heavy (non-hydrogen) atoms. The van der Waals surface area contributed by atoms with Crippen LogP contribution in [-0.4, -0.2) is 38.0 Å². The Morgan fingerprint density at radius 3 is 2.30 bits per heavy atom. The summed E-state index contributed by atoms with van der Waals surface area (Å²) >= 11 is 0. The van der Waals surface area contributed by atoms with Crippen LogP contribution in [-0.2, 0) is 4.79 Å². The third kappa shape index (κ3) is 2.88. The predicted molar refractivity (Wildman–Crippen MR) is 79.2 cm³/mol. The van der Waals surface area contributed by atoms with E-state index in [4.69, 9.17) is 0 Å². The Morgan fingerprint density at radius 1 is 1.15 bits per heavy atom. The Hall–Kier alpha value is -2.56. The van der Waals surface area contributed by atoms with Crippen LogP contribution in [0.3, 0.4) is 0 Å². The second-order valence-electron chi connectivity index (χ2n) is 4.72. The van der Waals surface area contributed by atoms with Crippen LogP contribution >= 0.6 is 0 Å². The van der Waals surface area contributed by atoms with Gasteiger partial charge in [0.1, 0.15) is 5.70 Å². The van der Waals surface area contributed by atoms with Gasteiger partial charge < -0.3 is 10.2 Å². The first-order valence-electron chi connectivity index (χ1n) is 6.24. The maximum atomic E-state index is 11.6. The average molecular weight is 271 g/mol. The Morgan fingerprint density at radius 2 is 1.80 bits per heavy atom. The van der Waals surface area contributed by atoms with Crippen LogP contribution in [0.4, 0.5) is 10.5 Å². The quantitative estimate of drug-likeness (QED) is 0.674. The van der Waals surface area contributed by atoms with Gasteiger partial charge in [-0.3, -0.25) is 9.69 Å². The van der Waals surface area contributed by atoms with Crippen LogP contribution in [0.25, 0.3) is 6.08 Å². The van der Waals surface area contributed by atoms with E-state index in [9.17, 15) is 9.59 Å². The number of likely N-dealkylation sites (N-methyl/N-ethyl adjacent to an activating group) is 1. The molecule has 1 aliphatic rings. The highest BCUT2D eigenvalue weighted by Gasteiger charge is 2.29. The Bertz CT molecular complexity index is 586. The van der Waals surface area contributed by atoms with Crippen molar-refractivity contribution in [3.63, 3.8) is 0 Å². The molecule has 1 fully saturated rings. The molecule has 0 unspecified atom stereocenters. The lowest BCUT2D eigenvalue weighted by Crippen LogP contribution is -2.25. The number of hydrogen-bond acceptors (Lipinski definition) is 3. The highest BCUT2D eigenvalue weighted by atomic mass is 16.2. The van der Waals surface area contributed by atoms with E-state index < -0.39 is 6.03 Å². The van der Waals surface area contributed by atoms with Gasteiger partial charge in [0.25, 0.3) is 5.91 Å². The molecule has 0 aromatic heterocycles. The van der Waals surface area contributed by atoms with Crippen LogP contribution in [0.2, 0.25) is 0 Å². The molecule has 104 valence electrons. The van der Waals surface area contributed by atoms with Gasteiger partial charge in [-0.05, 0) is 23.8 Å². The second-order valence-corrected chi connectivity index (χ2v) is 4.72. The molecule has 5 heteroatoms. The minimum Gasteiger partial charge on any atom is -0.378 e. The normalized spacial score (nSPS) is 17.1. The lowest BCUT2D eigenvalue weighted by atomic mass is 10.2. The zero-order valence-corrected chi connectivity index (χ0v) is 11.8. The first kappa shape index (κ1) is 13.9. The summed E-state index contributed by atoms with van der Waals surface area (Å²) < 4.78 is 0. The van der Waals surface area contributed by atoms with E-state index in [0.717, 1.165) is 16.2 Å². The molecule has 1 aliphatic heterocycles. The maximum absolute atomic E-state index is 11.6. The van der Waals surface area contributed by atoms with Crippen molar-refractivity contribution in [1.29, 1.82) is 0 Å². The fourth-order valence-corrected chi connectivity index (χ4v) is 1.78. The number of anilines is 1. The van der Waals surface area contributed by atoms with E-state index in [-0.39, 0.29) is 5.91 Å². The van der Waals surface area contributed by atoms with E-state index in [0.29, 0.717) is 5.70 Å². The molecule has 0 spiro atoms. The summed E-state index contributed by atoms with van der Waals surface area (Å²) in [6.07, 6.45) is 5.23. The fourth-order valence-electron chi connectivity index (χ4n) is 1.78. The number of carbonyl (C=O) groups is 2. The molecule has 1 aromatic rings. The minimum atomic E-state index is -0.398. The first-order valence-corrected chi connectivity index (χ1v) is 6.24. The van der Waals surface area contributed by atoms with Crippen LogP contribution in [0, 0.1) is 0 Å². The van der Waals surface area contributed by atoms with Crippen molar-refractivity contribution in [2.75, 3.05) is 26.0 Å². The van der Waals surface area contributed by atoms with Crippen molar-refractivity contribution in [1.82, 2.24) is 10.2 Å². The van der Waals surface area contributed by atoms with E-state index >= 15 is 0 Å². The van der Waals surface area contributed by atoms with Gasteiger partial charge in [-0.15, -0.1) is 0 Å². The monoisotopic (exact) mass is 271 g/mol. The summed E-state index contributed by atoms with van der Waals surface area (Å²) in [6.45, 7) is 0. The van der Waals surface area contributed by atoms with Gasteiger partial charge in [0.15, 0.2) is 0 Å². The van der Waals surface area contributed by atoms with Crippen LogP contribution < -0.4 is 10.2 Å². The van der Waals surface area contributed by atoms with Crippen LogP contribution in [0.1, 0.15) is 5.56 Å². The van der Waals surface area contributed by atoms with Gasteiger partial charge in [-0.1, -0.05) is 24.3 Å². The SMILES string of the molecule is CN1C(=O)N/C(=C/C=C/c2ccc(N(C)C)cc2)C1=O. The van der Waals surface area contributed by atoms with Crippen molar-refractivity contribution in [3.8, 4) is 0 Å². The summed E-state index contributed by atoms with van der Waals surface area (Å²) in [5.41, 5.74) is 2.44. The molecule has 2 rings (SSSR count). The lowest BCUT2D eigenvalue weighted by molar-refractivity contribution is -0.122. The van der Waals surface area contributed by atoms with Crippen molar-refractivity contribution in [2.24, 2.45) is 0 Å². The van der Waals surface area contributed by atoms with E-state index in [1.165, 1.54) is 7.05 Å². The number of urea groups is 1. The number of rotatable bonds is 3. The average Bonchev–Trinajstić information content (AvgIpc) is 2.67. The molecular weight excluding hydrogens is 254 g/mol. The Kier molecular flexibility index (Phi) is 3.89. The summed E-state index contributed by atoms with van der Waals surface area (Å²) in [5.74, 6) is -0.317. The van der Waals surface area contributed by atoms with Crippen molar-refractivity contribution in [2.45, 2.75) is 0 Å².